The second-order valence-electron chi connectivity index (χ2n) is 5.90. The summed E-state index contributed by atoms with van der Waals surface area (Å²) >= 11 is 0. The maximum absolute atomic E-state index is 13.0. The smallest absolute Gasteiger partial charge is 0.240 e. The van der Waals surface area contributed by atoms with Gasteiger partial charge in [0.15, 0.2) is 0 Å². The van der Waals surface area contributed by atoms with Crippen molar-refractivity contribution in [3.05, 3.63) is 35.6 Å². The van der Waals surface area contributed by atoms with Crippen LogP contribution in [0.25, 0.3) is 0 Å². The molecule has 0 fully saturated rings. The summed E-state index contributed by atoms with van der Waals surface area (Å²) in [6.07, 6.45) is 0. The Morgan fingerprint density at radius 3 is 2.25 bits per heavy atom. The molecule has 1 amide bonds. The quantitative estimate of drug-likeness (QED) is 0.841. The highest BCUT2D eigenvalue weighted by molar-refractivity contribution is 5.85. The summed E-state index contributed by atoms with van der Waals surface area (Å²) < 4.78 is 13.0. The van der Waals surface area contributed by atoms with Crippen molar-refractivity contribution in [1.29, 1.82) is 0 Å². The Labute approximate surface area is 121 Å². The van der Waals surface area contributed by atoms with Gasteiger partial charge in [0, 0.05) is 0 Å². The number of hydrogen-bond donors (Lipinski definition) is 2. The van der Waals surface area contributed by atoms with Gasteiger partial charge >= 0.3 is 0 Å². The van der Waals surface area contributed by atoms with Crippen molar-refractivity contribution in [3.8, 4) is 0 Å². The van der Waals surface area contributed by atoms with Gasteiger partial charge < -0.3 is 10.6 Å². The van der Waals surface area contributed by atoms with E-state index >= 15 is 0 Å². The molecule has 0 spiro atoms. The summed E-state index contributed by atoms with van der Waals surface area (Å²) in [6.45, 7) is 10.5. The molecule has 2 N–H and O–H groups in total. The number of carbonyl (C=O) groups is 1. The monoisotopic (exact) mass is 280 g/mol. The zero-order chi connectivity index (χ0) is 15.3. The highest BCUT2D eigenvalue weighted by Gasteiger charge is 2.29. The molecule has 0 radical (unpaired) electrons. The van der Waals surface area contributed by atoms with Gasteiger partial charge in [0.05, 0.1) is 11.6 Å². The second kappa shape index (κ2) is 6.84. The van der Waals surface area contributed by atoms with Crippen LogP contribution in [-0.4, -0.2) is 18.0 Å². The number of benzene rings is 1. The van der Waals surface area contributed by atoms with Gasteiger partial charge in [-0.05, 0) is 44.0 Å². The third-order valence-electron chi connectivity index (χ3n) is 3.37. The van der Waals surface area contributed by atoms with Crippen molar-refractivity contribution in [3.63, 3.8) is 0 Å². The van der Waals surface area contributed by atoms with Gasteiger partial charge in [0.2, 0.25) is 5.91 Å². The lowest BCUT2D eigenvalue weighted by Crippen LogP contribution is -2.53. The molecule has 0 bridgehead atoms. The van der Waals surface area contributed by atoms with Gasteiger partial charge in [-0.1, -0.05) is 32.9 Å². The summed E-state index contributed by atoms with van der Waals surface area (Å²) in [5.74, 6) is -0.0974. The lowest BCUT2D eigenvalue weighted by Gasteiger charge is -2.30. The van der Waals surface area contributed by atoms with Crippen LogP contribution in [0.3, 0.4) is 0 Å². The minimum atomic E-state index is -0.623. The van der Waals surface area contributed by atoms with Gasteiger partial charge in [0.1, 0.15) is 5.82 Å². The summed E-state index contributed by atoms with van der Waals surface area (Å²) in [7, 11) is 0. The third-order valence-corrected chi connectivity index (χ3v) is 3.37. The summed E-state index contributed by atoms with van der Waals surface area (Å²) in [4.78, 5) is 12.4. The fraction of sp³-hybridized carbons (Fsp3) is 0.562. The van der Waals surface area contributed by atoms with E-state index < -0.39 is 5.54 Å². The molecule has 4 heteroatoms. The summed E-state index contributed by atoms with van der Waals surface area (Å²) in [5, 5.41) is 6.21. The van der Waals surface area contributed by atoms with E-state index in [-0.39, 0.29) is 23.7 Å². The number of halogens is 1. The van der Waals surface area contributed by atoms with Gasteiger partial charge in [0.25, 0.3) is 0 Å². The number of nitrogens with one attached hydrogen (secondary N) is 2. The minimum Gasteiger partial charge on any atom is -0.347 e. The van der Waals surface area contributed by atoms with Crippen LogP contribution in [-0.2, 0) is 4.79 Å². The van der Waals surface area contributed by atoms with Crippen molar-refractivity contribution < 1.29 is 9.18 Å². The zero-order valence-corrected chi connectivity index (χ0v) is 13.0. The topological polar surface area (TPSA) is 41.1 Å². The number of likely N-dealkylation sites (N-methyl/N-ethyl adjacent to an activating group) is 1. The second-order valence-corrected chi connectivity index (χ2v) is 5.90. The number of rotatable bonds is 6. The Morgan fingerprint density at radius 1 is 1.25 bits per heavy atom. The van der Waals surface area contributed by atoms with Crippen LogP contribution in [0.4, 0.5) is 4.39 Å². The molecule has 3 nitrogen and oxygen atoms in total. The van der Waals surface area contributed by atoms with Crippen LogP contribution in [0, 0.1) is 11.7 Å². The molecule has 0 aromatic heterocycles. The Bertz CT molecular complexity index is 440. The van der Waals surface area contributed by atoms with Crippen LogP contribution in [0.1, 0.15) is 46.2 Å². The maximum Gasteiger partial charge on any atom is 0.240 e. The molecular formula is C16H25FN2O. The van der Waals surface area contributed by atoms with E-state index in [1.807, 2.05) is 34.6 Å². The van der Waals surface area contributed by atoms with Crippen LogP contribution >= 0.6 is 0 Å². The van der Waals surface area contributed by atoms with E-state index in [0.717, 1.165) is 12.1 Å². The fourth-order valence-corrected chi connectivity index (χ4v) is 2.15. The average molecular weight is 280 g/mol. The molecular weight excluding hydrogens is 255 g/mol. The van der Waals surface area contributed by atoms with Crippen LogP contribution in [0.5, 0.6) is 0 Å². The van der Waals surface area contributed by atoms with Crippen LogP contribution in [0.2, 0.25) is 0 Å². The van der Waals surface area contributed by atoms with Crippen molar-refractivity contribution in [2.45, 2.75) is 46.2 Å². The number of carbonyl (C=O) groups excluding carboxylic acids is 1. The lowest BCUT2D eigenvalue weighted by atomic mass is 9.94. The summed E-state index contributed by atoms with van der Waals surface area (Å²) in [5.41, 5.74) is 0.295. The molecule has 1 aromatic carbocycles. The first-order valence-electron chi connectivity index (χ1n) is 7.09. The van der Waals surface area contributed by atoms with Gasteiger partial charge in [-0.15, -0.1) is 0 Å². The highest BCUT2D eigenvalue weighted by Crippen LogP contribution is 2.22. The van der Waals surface area contributed by atoms with E-state index in [2.05, 4.69) is 10.6 Å². The standard InChI is InChI=1S/C16H25FN2O/c1-6-18-16(4,5)15(20)19-14(11(2)3)12-7-9-13(17)10-8-12/h7-11,14,18H,6H2,1-5H3,(H,19,20). The van der Waals surface area contributed by atoms with Crippen molar-refractivity contribution in [1.82, 2.24) is 10.6 Å². The van der Waals surface area contributed by atoms with Crippen molar-refractivity contribution >= 4 is 5.91 Å². The van der Waals surface area contributed by atoms with Gasteiger partial charge in [-0.2, -0.15) is 0 Å². The van der Waals surface area contributed by atoms with E-state index in [1.54, 1.807) is 12.1 Å². The fourth-order valence-electron chi connectivity index (χ4n) is 2.15. The molecule has 1 atom stereocenters. The first kappa shape index (κ1) is 16.6. The molecule has 0 aliphatic rings. The Kier molecular flexibility index (Phi) is 5.69. The summed E-state index contributed by atoms with van der Waals surface area (Å²) in [6, 6.07) is 6.17. The molecule has 0 aliphatic heterocycles. The molecule has 1 rings (SSSR count). The molecule has 0 aliphatic carbocycles. The molecule has 20 heavy (non-hydrogen) atoms. The molecule has 1 aromatic rings. The lowest BCUT2D eigenvalue weighted by molar-refractivity contribution is -0.127. The van der Waals surface area contributed by atoms with Gasteiger partial charge in [-0.25, -0.2) is 4.39 Å². The van der Waals surface area contributed by atoms with Crippen LogP contribution < -0.4 is 10.6 Å². The third kappa shape index (κ3) is 4.30. The SMILES string of the molecule is CCNC(C)(C)C(=O)NC(c1ccc(F)cc1)C(C)C. The predicted molar refractivity (Wildman–Crippen MR) is 79.9 cm³/mol. The Balaban J connectivity index is 2.88. The molecule has 0 heterocycles. The van der Waals surface area contributed by atoms with E-state index in [0.29, 0.717) is 0 Å². The number of hydrogen-bond acceptors (Lipinski definition) is 2. The first-order chi connectivity index (χ1) is 9.27. The zero-order valence-electron chi connectivity index (χ0n) is 13.0. The van der Waals surface area contributed by atoms with Crippen LogP contribution in [0.15, 0.2) is 24.3 Å². The van der Waals surface area contributed by atoms with E-state index in [1.165, 1.54) is 12.1 Å². The Morgan fingerprint density at radius 2 is 1.80 bits per heavy atom. The normalized spacial score (nSPS) is 13.3. The first-order valence-corrected chi connectivity index (χ1v) is 7.09. The highest BCUT2D eigenvalue weighted by atomic mass is 19.1. The van der Waals surface area contributed by atoms with Gasteiger partial charge in [-0.3, -0.25) is 4.79 Å². The predicted octanol–water partition coefficient (Wildman–Crippen LogP) is 3.03. The van der Waals surface area contributed by atoms with E-state index in [4.69, 9.17) is 0 Å². The number of amides is 1. The molecule has 112 valence electrons. The molecule has 0 saturated heterocycles. The average Bonchev–Trinajstić information content (AvgIpc) is 2.36. The minimum absolute atomic E-state index is 0.0534. The largest absolute Gasteiger partial charge is 0.347 e. The molecule has 0 saturated carbocycles. The van der Waals surface area contributed by atoms with Crippen molar-refractivity contribution in [2.24, 2.45) is 5.92 Å². The van der Waals surface area contributed by atoms with E-state index in [9.17, 15) is 9.18 Å². The Hall–Kier alpha value is -1.42. The maximum atomic E-state index is 13.0. The van der Waals surface area contributed by atoms with Crippen molar-refractivity contribution in [2.75, 3.05) is 6.54 Å². The molecule has 1 unspecified atom stereocenters.